The van der Waals surface area contributed by atoms with Crippen molar-refractivity contribution in [1.82, 2.24) is 0 Å². The van der Waals surface area contributed by atoms with Gasteiger partial charge in [0, 0.05) is 33.0 Å². The Morgan fingerprint density at radius 1 is 1.31 bits per heavy atom. The number of esters is 1. The highest BCUT2D eigenvalue weighted by Crippen LogP contribution is 2.66. The first-order chi connectivity index (χ1) is 7.37. The summed E-state index contributed by atoms with van der Waals surface area (Å²) in [5.74, 6) is -0.228. The largest absolute Gasteiger partial charge is 0.465 e. The third-order valence-corrected chi connectivity index (χ3v) is 3.73. The van der Waals surface area contributed by atoms with E-state index in [4.69, 9.17) is 14.2 Å². The molecular weight excluding hydrogens is 208 g/mol. The van der Waals surface area contributed by atoms with E-state index in [1.807, 2.05) is 0 Å². The van der Waals surface area contributed by atoms with Crippen LogP contribution in [0.25, 0.3) is 0 Å². The number of rotatable bonds is 6. The maximum Gasteiger partial charge on any atom is 0.302 e. The van der Waals surface area contributed by atoms with Crippen LogP contribution in [0.15, 0.2) is 0 Å². The third-order valence-electron chi connectivity index (χ3n) is 3.73. The molecule has 1 aliphatic rings. The van der Waals surface area contributed by atoms with Crippen LogP contribution < -0.4 is 0 Å². The number of ether oxygens (including phenoxy) is 3. The number of methoxy groups -OCH3 is 2. The lowest BCUT2D eigenvalue weighted by Gasteiger charge is -2.24. The Balaban J connectivity index is 2.58. The highest BCUT2D eigenvalue weighted by molar-refractivity contribution is 5.66. The molecular formula is C12H22O4. The molecule has 4 heteroatoms. The summed E-state index contributed by atoms with van der Waals surface area (Å²) < 4.78 is 15.6. The van der Waals surface area contributed by atoms with Gasteiger partial charge in [0.05, 0.1) is 6.61 Å². The summed E-state index contributed by atoms with van der Waals surface area (Å²) in [6.07, 6.45) is 1.58. The lowest BCUT2D eigenvalue weighted by Crippen LogP contribution is -2.26. The summed E-state index contributed by atoms with van der Waals surface area (Å²) >= 11 is 0. The van der Waals surface area contributed by atoms with Crippen molar-refractivity contribution in [3.05, 3.63) is 0 Å². The molecule has 0 spiro atoms. The summed E-state index contributed by atoms with van der Waals surface area (Å²) in [5, 5.41) is 0. The molecule has 16 heavy (non-hydrogen) atoms. The van der Waals surface area contributed by atoms with E-state index in [0.29, 0.717) is 6.61 Å². The van der Waals surface area contributed by atoms with Crippen molar-refractivity contribution < 1.29 is 19.0 Å². The zero-order chi connectivity index (χ0) is 12.4. The van der Waals surface area contributed by atoms with E-state index in [9.17, 15) is 4.79 Å². The molecule has 1 saturated carbocycles. The van der Waals surface area contributed by atoms with Gasteiger partial charge >= 0.3 is 5.97 Å². The highest BCUT2D eigenvalue weighted by Gasteiger charge is 2.62. The second-order valence-corrected chi connectivity index (χ2v) is 5.23. The van der Waals surface area contributed by atoms with Gasteiger partial charge in [-0.05, 0) is 11.8 Å². The maximum atomic E-state index is 10.9. The van der Waals surface area contributed by atoms with Crippen LogP contribution in [0.3, 0.4) is 0 Å². The van der Waals surface area contributed by atoms with E-state index < -0.39 is 0 Å². The van der Waals surface area contributed by atoms with Crippen molar-refractivity contribution in [2.45, 2.75) is 39.9 Å². The normalized spacial score (nSPS) is 26.9. The average Bonchev–Trinajstić information content (AvgIpc) is 2.75. The van der Waals surface area contributed by atoms with E-state index in [2.05, 4.69) is 13.8 Å². The number of carbonyl (C=O) groups excluding carboxylic acids is 1. The zero-order valence-electron chi connectivity index (χ0n) is 10.8. The molecule has 1 aliphatic carbocycles. The second kappa shape index (κ2) is 4.72. The van der Waals surface area contributed by atoms with Crippen molar-refractivity contribution >= 4 is 5.97 Å². The Hall–Kier alpha value is -0.610. The summed E-state index contributed by atoms with van der Waals surface area (Å²) in [4.78, 5) is 10.9. The van der Waals surface area contributed by atoms with Gasteiger partial charge in [-0.3, -0.25) is 4.79 Å². The molecule has 0 unspecified atom stereocenters. The van der Waals surface area contributed by atoms with Crippen molar-refractivity contribution in [3.8, 4) is 0 Å². The van der Waals surface area contributed by atoms with Crippen molar-refractivity contribution in [3.63, 3.8) is 0 Å². The first-order valence-electron chi connectivity index (χ1n) is 5.56. The van der Waals surface area contributed by atoms with Crippen LogP contribution in [0.4, 0.5) is 0 Å². The number of hydrogen-bond donors (Lipinski definition) is 0. The first kappa shape index (κ1) is 13.5. The van der Waals surface area contributed by atoms with Gasteiger partial charge in [-0.15, -0.1) is 0 Å². The van der Waals surface area contributed by atoms with Gasteiger partial charge in [-0.2, -0.15) is 0 Å². The molecule has 0 aromatic rings. The molecule has 0 bridgehead atoms. The van der Waals surface area contributed by atoms with Crippen LogP contribution in [-0.4, -0.2) is 33.1 Å². The number of carbonyl (C=O) groups is 1. The number of hydrogen-bond acceptors (Lipinski definition) is 4. The first-order valence-corrected chi connectivity index (χ1v) is 5.56. The topological polar surface area (TPSA) is 44.8 Å². The molecule has 0 aliphatic heterocycles. The third kappa shape index (κ3) is 2.74. The van der Waals surface area contributed by atoms with Crippen LogP contribution in [0, 0.1) is 10.8 Å². The monoisotopic (exact) mass is 230 g/mol. The summed E-state index contributed by atoms with van der Waals surface area (Å²) in [5.41, 5.74) is 0.202. The van der Waals surface area contributed by atoms with Gasteiger partial charge in [-0.25, -0.2) is 0 Å². The predicted molar refractivity (Wildman–Crippen MR) is 59.9 cm³/mol. The molecule has 1 fully saturated rings. The quantitative estimate of drug-likeness (QED) is 0.517. The lowest BCUT2D eigenvalue weighted by atomic mass is 9.93. The minimum atomic E-state index is -0.228. The second-order valence-electron chi connectivity index (χ2n) is 5.23. The van der Waals surface area contributed by atoms with Gasteiger partial charge < -0.3 is 14.2 Å². The highest BCUT2D eigenvalue weighted by atomic mass is 16.7. The Kier molecular flexibility index (Phi) is 3.97. The van der Waals surface area contributed by atoms with Crippen molar-refractivity contribution in [1.29, 1.82) is 0 Å². The summed E-state index contributed by atoms with van der Waals surface area (Å²) in [6, 6.07) is 0. The molecule has 1 atom stereocenters. The summed E-state index contributed by atoms with van der Waals surface area (Å²) in [6.45, 7) is 6.25. The SMILES string of the molecule is COC(C[C@]1(COC(C)=O)CC1(C)C)OC. The fourth-order valence-electron chi connectivity index (χ4n) is 2.28. The molecule has 94 valence electrons. The van der Waals surface area contributed by atoms with Gasteiger partial charge in [-0.1, -0.05) is 13.8 Å². The molecule has 0 aromatic carbocycles. The van der Waals surface area contributed by atoms with Crippen molar-refractivity contribution in [2.24, 2.45) is 10.8 Å². The molecule has 0 saturated heterocycles. The Labute approximate surface area is 97.2 Å². The maximum absolute atomic E-state index is 10.9. The van der Waals surface area contributed by atoms with Crippen LogP contribution in [0.1, 0.15) is 33.6 Å². The van der Waals surface area contributed by atoms with E-state index in [1.165, 1.54) is 6.92 Å². The standard InChI is InChI=1S/C12H22O4/c1-9(13)16-8-12(7-11(12,2)3)6-10(14-4)15-5/h10H,6-8H2,1-5H3/t12-/m1/s1. The van der Waals surface area contributed by atoms with Gasteiger partial charge in [0.1, 0.15) is 0 Å². The van der Waals surface area contributed by atoms with Gasteiger partial charge in [0.2, 0.25) is 0 Å². The minimum absolute atomic E-state index is 0.00928. The van der Waals surface area contributed by atoms with Crippen LogP contribution >= 0.6 is 0 Å². The van der Waals surface area contributed by atoms with Crippen LogP contribution in [0.5, 0.6) is 0 Å². The molecule has 0 radical (unpaired) electrons. The van der Waals surface area contributed by atoms with Gasteiger partial charge in [0.15, 0.2) is 6.29 Å². The van der Waals surface area contributed by atoms with E-state index in [0.717, 1.165) is 12.8 Å². The Morgan fingerprint density at radius 2 is 1.81 bits per heavy atom. The predicted octanol–water partition coefficient (Wildman–Crippen LogP) is 1.97. The lowest BCUT2D eigenvalue weighted by molar-refractivity contribution is -0.148. The van der Waals surface area contributed by atoms with E-state index in [-0.39, 0.29) is 23.1 Å². The molecule has 0 N–H and O–H groups in total. The van der Waals surface area contributed by atoms with E-state index >= 15 is 0 Å². The van der Waals surface area contributed by atoms with Crippen LogP contribution in [-0.2, 0) is 19.0 Å². The average molecular weight is 230 g/mol. The Bertz CT molecular complexity index is 258. The van der Waals surface area contributed by atoms with Crippen molar-refractivity contribution in [2.75, 3.05) is 20.8 Å². The molecule has 4 nitrogen and oxygen atoms in total. The zero-order valence-corrected chi connectivity index (χ0v) is 10.8. The van der Waals surface area contributed by atoms with Crippen LogP contribution in [0.2, 0.25) is 0 Å². The molecule has 0 aromatic heterocycles. The van der Waals surface area contributed by atoms with Gasteiger partial charge in [0.25, 0.3) is 0 Å². The fraction of sp³-hybridized carbons (Fsp3) is 0.917. The fourth-order valence-corrected chi connectivity index (χ4v) is 2.28. The summed E-state index contributed by atoms with van der Waals surface area (Å²) in [7, 11) is 3.26. The minimum Gasteiger partial charge on any atom is -0.465 e. The van der Waals surface area contributed by atoms with E-state index in [1.54, 1.807) is 14.2 Å². The smallest absolute Gasteiger partial charge is 0.302 e. The molecule has 0 amide bonds. The molecule has 1 rings (SSSR count). The molecule has 0 heterocycles. The Morgan fingerprint density at radius 3 is 2.12 bits per heavy atom.